The number of aromatic carboxylic acids is 1. The highest BCUT2D eigenvalue weighted by molar-refractivity contribution is 5.88. The van der Waals surface area contributed by atoms with Gasteiger partial charge in [-0.3, -0.25) is 0 Å². The predicted octanol–water partition coefficient (Wildman–Crippen LogP) is 3.25. The van der Waals surface area contributed by atoms with Gasteiger partial charge < -0.3 is 10.2 Å². The largest absolute Gasteiger partial charge is 0.478 e. The number of carboxylic acids is 1. The molecule has 2 N–H and O–H groups in total. The van der Waals surface area contributed by atoms with Crippen molar-refractivity contribution in [2.75, 3.05) is 0 Å². The summed E-state index contributed by atoms with van der Waals surface area (Å²) in [5.41, 5.74) is 2.60. The van der Waals surface area contributed by atoms with Crippen LogP contribution in [0.1, 0.15) is 51.7 Å². The monoisotopic (exact) mass is 280 g/mol. The summed E-state index contributed by atoms with van der Waals surface area (Å²) in [6, 6.07) is 15.1. The third-order valence-electron chi connectivity index (χ3n) is 5.08. The zero-order chi connectivity index (χ0) is 14.6. The van der Waals surface area contributed by atoms with Crippen molar-refractivity contribution in [1.29, 1.82) is 0 Å². The van der Waals surface area contributed by atoms with E-state index < -0.39 is 11.6 Å². The average Bonchev–Trinajstić information content (AvgIpc) is 3.04. The lowest BCUT2D eigenvalue weighted by Crippen LogP contribution is -2.31. The molecule has 2 aromatic rings. The molecule has 2 bridgehead atoms. The average molecular weight is 280 g/mol. The van der Waals surface area contributed by atoms with Gasteiger partial charge in [-0.1, -0.05) is 36.4 Å². The third-order valence-corrected chi connectivity index (χ3v) is 5.08. The molecule has 0 aromatic heterocycles. The Morgan fingerprint density at radius 3 is 2.57 bits per heavy atom. The third kappa shape index (κ3) is 1.67. The summed E-state index contributed by atoms with van der Waals surface area (Å²) in [5, 5.41) is 20.4. The maximum absolute atomic E-state index is 11.2. The molecule has 0 saturated heterocycles. The maximum Gasteiger partial charge on any atom is 0.335 e. The zero-order valence-corrected chi connectivity index (χ0v) is 11.5. The second-order valence-electron chi connectivity index (χ2n) is 6.13. The highest BCUT2D eigenvalue weighted by Gasteiger charge is 2.53. The molecular weight excluding hydrogens is 264 g/mol. The number of benzene rings is 2. The van der Waals surface area contributed by atoms with E-state index >= 15 is 0 Å². The fraction of sp³-hybridized carbons (Fsp3) is 0.278. The van der Waals surface area contributed by atoms with Crippen molar-refractivity contribution in [1.82, 2.24) is 0 Å². The Kier molecular flexibility index (Phi) is 2.51. The molecule has 3 heteroatoms. The molecule has 2 aliphatic rings. The van der Waals surface area contributed by atoms with Crippen LogP contribution in [-0.2, 0) is 5.60 Å². The van der Waals surface area contributed by atoms with Crippen LogP contribution in [0.3, 0.4) is 0 Å². The Balaban J connectivity index is 1.82. The van der Waals surface area contributed by atoms with E-state index in [1.165, 1.54) is 5.56 Å². The summed E-state index contributed by atoms with van der Waals surface area (Å²) in [5.74, 6) is -0.582. The fourth-order valence-electron chi connectivity index (χ4n) is 4.13. The minimum atomic E-state index is -0.913. The zero-order valence-electron chi connectivity index (χ0n) is 11.5. The van der Waals surface area contributed by atoms with Gasteiger partial charge in [0.05, 0.1) is 11.2 Å². The van der Waals surface area contributed by atoms with Crippen LogP contribution in [0, 0.1) is 0 Å². The lowest BCUT2D eigenvalue weighted by molar-refractivity contribution is 0.0208. The van der Waals surface area contributed by atoms with Gasteiger partial charge in [-0.2, -0.15) is 0 Å². The van der Waals surface area contributed by atoms with Crippen LogP contribution in [0.2, 0.25) is 0 Å². The van der Waals surface area contributed by atoms with Gasteiger partial charge in [0.2, 0.25) is 0 Å². The smallest absolute Gasteiger partial charge is 0.335 e. The molecule has 21 heavy (non-hydrogen) atoms. The van der Waals surface area contributed by atoms with Crippen LogP contribution in [0.4, 0.5) is 0 Å². The normalized spacial score (nSPS) is 29.4. The number of fused-ring (bicyclic) bond motifs is 5. The van der Waals surface area contributed by atoms with Crippen LogP contribution < -0.4 is 0 Å². The lowest BCUT2D eigenvalue weighted by atomic mass is 9.75. The Morgan fingerprint density at radius 1 is 1.10 bits per heavy atom. The first-order valence-corrected chi connectivity index (χ1v) is 7.24. The quantitative estimate of drug-likeness (QED) is 0.887. The van der Waals surface area contributed by atoms with Gasteiger partial charge in [0.25, 0.3) is 0 Å². The molecule has 1 saturated carbocycles. The SMILES string of the molecule is O=C(O)c1ccc2c(c1)[C@H]1C[C@@H]2C[C@]1(O)c1ccccc1. The van der Waals surface area contributed by atoms with E-state index in [2.05, 4.69) is 0 Å². The summed E-state index contributed by atoms with van der Waals surface area (Å²) >= 11 is 0. The van der Waals surface area contributed by atoms with E-state index in [1.54, 1.807) is 12.1 Å². The molecule has 106 valence electrons. The first kappa shape index (κ1) is 12.6. The van der Waals surface area contributed by atoms with Gasteiger partial charge in [-0.25, -0.2) is 4.79 Å². The lowest BCUT2D eigenvalue weighted by Gasteiger charge is -2.34. The van der Waals surface area contributed by atoms with Crippen LogP contribution in [0.25, 0.3) is 0 Å². The number of carboxylic acid groups (broad SMARTS) is 1. The Bertz CT molecular complexity index is 722. The number of hydrogen-bond acceptors (Lipinski definition) is 2. The molecule has 0 spiro atoms. The van der Waals surface area contributed by atoms with Gasteiger partial charge >= 0.3 is 5.97 Å². The topological polar surface area (TPSA) is 57.5 Å². The van der Waals surface area contributed by atoms with Crippen molar-refractivity contribution in [3.63, 3.8) is 0 Å². The van der Waals surface area contributed by atoms with Gasteiger partial charge in [0, 0.05) is 5.92 Å². The predicted molar refractivity (Wildman–Crippen MR) is 78.5 cm³/mol. The molecule has 3 nitrogen and oxygen atoms in total. The molecule has 0 radical (unpaired) electrons. The molecule has 0 aliphatic heterocycles. The summed E-state index contributed by atoms with van der Waals surface area (Å²) in [7, 11) is 0. The van der Waals surface area contributed by atoms with E-state index in [9.17, 15) is 15.0 Å². The molecule has 3 atom stereocenters. The van der Waals surface area contributed by atoms with E-state index in [-0.39, 0.29) is 5.92 Å². The minimum absolute atomic E-state index is 0.000741. The number of carbonyl (C=O) groups is 1. The van der Waals surface area contributed by atoms with Crippen LogP contribution in [0.15, 0.2) is 48.5 Å². The Hall–Kier alpha value is -2.13. The van der Waals surface area contributed by atoms with Crippen LogP contribution in [0.5, 0.6) is 0 Å². The first-order valence-electron chi connectivity index (χ1n) is 7.24. The van der Waals surface area contributed by atoms with Gasteiger partial charge in [-0.15, -0.1) is 0 Å². The van der Waals surface area contributed by atoms with Crippen LogP contribution >= 0.6 is 0 Å². The molecule has 0 heterocycles. The van der Waals surface area contributed by atoms with Gasteiger partial charge in [-0.05, 0) is 47.6 Å². The second kappa shape index (κ2) is 4.18. The highest BCUT2D eigenvalue weighted by atomic mass is 16.4. The van der Waals surface area contributed by atoms with Crippen molar-refractivity contribution < 1.29 is 15.0 Å². The Morgan fingerprint density at radius 2 is 1.86 bits per heavy atom. The molecule has 1 fully saturated rings. The molecule has 0 unspecified atom stereocenters. The summed E-state index contributed by atoms with van der Waals surface area (Å²) < 4.78 is 0. The number of aliphatic hydroxyl groups is 1. The molecule has 0 amide bonds. The molecular formula is C18H16O3. The van der Waals surface area contributed by atoms with Crippen molar-refractivity contribution >= 4 is 5.97 Å². The van der Waals surface area contributed by atoms with Gasteiger partial charge in [0.15, 0.2) is 0 Å². The van der Waals surface area contributed by atoms with Crippen molar-refractivity contribution in [2.45, 2.75) is 30.3 Å². The number of rotatable bonds is 2. The van der Waals surface area contributed by atoms with Crippen molar-refractivity contribution in [3.8, 4) is 0 Å². The van der Waals surface area contributed by atoms with E-state index in [0.717, 1.165) is 24.0 Å². The number of hydrogen-bond donors (Lipinski definition) is 2. The fourth-order valence-corrected chi connectivity index (χ4v) is 4.13. The van der Waals surface area contributed by atoms with Gasteiger partial charge in [0.1, 0.15) is 0 Å². The standard InChI is InChI=1S/C18H16O3/c19-17(20)11-6-7-14-12-9-16(15(14)8-11)18(21,10-12)13-4-2-1-3-5-13/h1-8,12,16,21H,9-10H2,(H,19,20)/t12-,16-,18+/m1/s1. The second-order valence-corrected chi connectivity index (χ2v) is 6.13. The molecule has 2 aliphatic carbocycles. The van der Waals surface area contributed by atoms with Crippen molar-refractivity contribution in [3.05, 3.63) is 70.8 Å². The van der Waals surface area contributed by atoms with E-state index in [0.29, 0.717) is 11.5 Å². The summed E-state index contributed by atoms with van der Waals surface area (Å²) in [4.78, 5) is 11.2. The van der Waals surface area contributed by atoms with E-state index in [4.69, 9.17) is 0 Å². The minimum Gasteiger partial charge on any atom is -0.478 e. The van der Waals surface area contributed by atoms with E-state index in [1.807, 2.05) is 36.4 Å². The van der Waals surface area contributed by atoms with Crippen molar-refractivity contribution in [2.24, 2.45) is 0 Å². The summed E-state index contributed by atoms with van der Waals surface area (Å²) in [6.07, 6.45) is 1.63. The maximum atomic E-state index is 11.2. The Labute approximate surface area is 122 Å². The molecule has 4 rings (SSSR count). The molecule has 2 aromatic carbocycles. The summed E-state index contributed by atoms with van der Waals surface area (Å²) in [6.45, 7) is 0. The highest BCUT2D eigenvalue weighted by Crippen LogP contribution is 2.61. The first-order chi connectivity index (χ1) is 10.1. The van der Waals surface area contributed by atoms with Crippen LogP contribution in [-0.4, -0.2) is 16.2 Å².